The summed E-state index contributed by atoms with van der Waals surface area (Å²) in [5, 5.41) is 19.0. The standard InChI is InChI=1S/C42H70O10S/c43-41(44)39-22-12-32(24-30-9-5-2-6-10-30)26-40(39)42(45)50-35-18-20-38(21-19-35)53(47)52-37-16-14-36(15-17-37)51-49-28-34-25-31(11-13-33(34)27-48-46)23-29-7-3-1-4-8-29/h29-40,46H,1-28H2,(H,43,44). The largest absolute Gasteiger partial charge is 0.481 e. The molecule has 0 amide bonds. The Hall–Kier alpha value is -1.11. The van der Waals surface area contributed by atoms with Gasteiger partial charge < -0.3 is 9.84 Å². The van der Waals surface area contributed by atoms with Crippen LogP contribution in [0.5, 0.6) is 0 Å². The van der Waals surface area contributed by atoms with Gasteiger partial charge in [0.1, 0.15) is 6.10 Å². The molecule has 6 saturated carbocycles. The topological polar surface area (TPSA) is 138 Å². The third-order valence-electron chi connectivity index (χ3n) is 14.4. The molecule has 6 aliphatic rings. The van der Waals surface area contributed by atoms with Gasteiger partial charge in [-0.2, -0.15) is 0 Å². The van der Waals surface area contributed by atoms with Crippen molar-refractivity contribution in [2.75, 3.05) is 13.2 Å². The first-order chi connectivity index (χ1) is 25.8. The van der Waals surface area contributed by atoms with Gasteiger partial charge in [-0.3, -0.25) is 19.0 Å². The highest BCUT2D eigenvalue weighted by molar-refractivity contribution is 7.80. The van der Waals surface area contributed by atoms with Crippen molar-refractivity contribution in [1.82, 2.24) is 0 Å². The van der Waals surface area contributed by atoms with Crippen molar-refractivity contribution in [3.05, 3.63) is 0 Å². The van der Waals surface area contributed by atoms with Crippen molar-refractivity contribution in [3.8, 4) is 0 Å². The molecule has 0 aliphatic heterocycles. The van der Waals surface area contributed by atoms with E-state index in [9.17, 15) is 24.2 Å². The minimum atomic E-state index is -1.41. The molecule has 0 aromatic rings. The van der Waals surface area contributed by atoms with E-state index in [1.54, 1.807) is 0 Å². The van der Waals surface area contributed by atoms with Crippen LogP contribution in [0.15, 0.2) is 0 Å². The van der Waals surface area contributed by atoms with E-state index in [1.807, 2.05) is 0 Å². The number of ether oxygens (including phenoxy) is 1. The molecule has 0 radical (unpaired) electrons. The number of hydrogen-bond donors (Lipinski definition) is 2. The summed E-state index contributed by atoms with van der Waals surface area (Å²) in [7, 11) is 0. The molecule has 6 aliphatic carbocycles. The highest BCUT2D eigenvalue weighted by Crippen LogP contribution is 2.42. The molecule has 304 valence electrons. The van der Waals surface area contributed by atoms with E-state index in [1.165, 1.54) is 77.0 Å². The predicted octanol–water partition coefficient (Wildman–Crippen LogP) is 9.36. The van der Waals surface area contributed by atoms with Gasteiger partial charge in [-0.1, -0.05) is 70.6 Å². The van der Waals surface area contributed by atoms with E-state index in [0.717, 1.165) is 63.2 Å². The molecule has 0 aromatic heterocycles. The fourth-order valence-corrected chi connectivity index (χ4v) is 12.5. The van der Waals surface area contributed by atoms with Crippen molar-refractivity contribution >= 4 is 23.0 Å². The molecule has 2 N–H and O–H groups in total. The van der Waals surface area contributed by atoms with E-state index in [4.69, 9.17) is 18.7 Å². The predicted molar refractivity (Wildman–Crippen MR) is 202 cm³/mol. The van der Waals surface area contributed by atoms with Crippen molar-refractivity contribution in [2.24, 2.45) is 47.3 Å². The van der Waals surface area contributed by atoms with E-state index in [0.29, 0.717) is 69.5 Å². The average Bonchev–Trinajstić information content (AvgIpc) is 3.17. The Balaban J connectivity index is 0.861. The minimum absolute atomic E-state index is 0.00462. The normalized spacial score (nSPS) is 37.2. The number of carboxylic acids is 1. The summed E-state index contributed by atoms with van der Waals surface area (Å²) >= 11 is -1.41. The Morgan fingerprint density at radius 1 is 0.566 bits per heavy atom. The Bertz CT molecular complexity index is 1120. The van der Waals surface area contributed by atoms with Gasteiger partial charge in [0.2, 0.25) is 0 Å². The number of carbonyl (C=O) groups is 2. The third kappa shape index (κ3) is 12.7. The van der Waals surface area contributed by atoms with Gasteiger partial charge >= 0.3 is 11.9 Å². The first-order valence-electron chi connectivity index (χ1n) is 21.9. The number of carbonyl (C=O) groups excluding carboxylic acids is 1. The molecule has 0 heterocycles. The van der Waals surface area contributed by atoms with Crippen molar-refractivity contribution in [3.63, 3.8) is 0 Å². The molecule has 7 atom stereocenters. The summed E-state index contributed by atoms with van der Waals surface area (Å²) in [6.07, 6.45) is 26.6. The van der Waals surface area contributed by atoms with Gasteiger partial charge in [-0.15, -0.1) is 0 Å². The van der Waals surface area contributed by atoms with Crippen LogP contribution in [0.25, 0.3) is 0 Å². The van der Waals surface area contributed by atoms with Crippen LogP contribution in [-0.2, 0) is 44.3 Å². The molecule has 0 bridgehead atoms. The summed E-state index contributed by atoms with van der Waals surface area (Å²) in [6, 6.07) is 0. The lowest BCUT2D eigenvalue weighted by Crippen LogP contribution is -2.39. The SMILES string of the molecule is O=C(O)C1CCC(CC2CCCCC2)CC1C(=O)OC1CCC(S(=O)OC2CCC(OOCC3CC(CC4CCCCC4)CCC3COO)CC2)CC1. The van der Waals surface area contributed by atoms with Crippen LogP contribution in [-0.4, -0.2) is 63.3 Å². The van der Waals surface area contributed by atoms with E-state index in [-0.39, 0.29) is 35.4 Å². The Morgan fingerprint density at radius 2 is 1.15 bits per heavy atom. The second kappa shape index (κ2) is 21.4. The Morgan fingerprint density at radius 3 is 1.77 bits per heavy atom. The van der Waals surface area contributed by atoms with Crippen LogP contribution >= 0.6 is 0 Å². The summed E-state index contributed by atoms with van der Waals surface area (Å²) < 4.78 is 25.3. The van der Waals surface area contributed by atoms with Crippen LogP contribution in [0.4, 0.5) is 0 Å². The fraction of sp³-hybridized carbons (Fsp3) is 0.952. The number of hydrogen-bond acceptors (Lipinski definition) is 9. The monoisotopic (exact) mass is 766 g/mol. The van der Waals surface area contributed by atoms with Crippen molar-refractivity contribution < 1.29 is 47.7 Å². The van der Waals surface area contributed by atoms with Crippen LogP contribution in [0.3, 0.4) is 0 Å². The molecule has 0 saturated heterocycles. The summed E-state index contributed by atoms with van der Waals surface area (Å²) in [5.74, 6) is 0.868. The highest BCUT2D eigenvalue weighted by atomic mass is 32.2. The molecule has 11 heteroatoms. The summed E-state index contributed by atoms with van der Waals surface area (Å²) in [5.41, 5.74) is 0. The van der Waals surface area contributed by atoms with Gasteiger partial charge in [0.15, 0.2) is 11.1 Å². The zero-order chi connectivity index (χ0) is 37.0. The maximum absolute atomic E-state index is 13.4. The Labute approximate surface area is 321 Å². The number of carboxylic acid groups (broad SMARTS) is 1. The maximum Gasteiger partial charge on any atom is 0.310 e. The minimum Gasteiger partial charge on any atom is -0.481 e. The second-order valence-corrected chi connectivity index (χ2v) is 19.6. The lowest BCUT2D eigenvalue weighted by atomic mass is 9.70. The number of esters is 1. The Kier molecular flexibility index (Phi) is 16.8. The van der Waals surface area contributed by atoms with Crippen molar-refractivity contribution in [1.29, 1.82) is 0 Å². The third-order valence-corrected chi connectivity index (χ3v) is 15.9. The lowest BCUT2D eigenvalue weighted by molar-refractivity contribution is -0.340. The van der Waals surface area contributed by atoms with Gasteiger partial charge in [0.05, 0.1) is 42.5 Å². The summed E-state index contributed by atoms with van der Waals surface area (Å²) in [6.45, 7) is 0.875. The van der Waals surface area contributed by atoms with Crippen LogP contribution in [0.1, 0.15) is 167 Å². The number of rotatable bonds is 16. The second-order valence-electron chi connectivity index (χ2n) is 18.2. The van der Waals surface area contributed by atoms with Crippen LogP contribution in [0, 0.1) is 47.3 Å². The van der Waals surface area contributed by atoms with E-state index >= 15 is 0 Å². The van der Waals surface area contributed by atoms with Gasteiger partial charge in [0, 0.05) is 0 Å². The maximum atomic E-state index is 13.4. The molecule has 6 fully saturated rings. The van der Waals surface area contributed by atoms with E-state index in [2.05, 4.69) is 4.89 Å². The van der Waals surface area contributed by atoms with E-state index < -0.39 is 28.9 Å². The first kappa shape index (κ1) is 41.5. The number of aliphatic carboxylic acids is 1. The molecular weight excluding hydrogens is 697 g/mol. The molecule has 7 unspecified atom stereocenters. The lowest BCUT2D eigenvalue weighted by Gasteiger charge is -2.37. The smallest absolute Gasteiger partial charge is 0.310 e. The quantitative estimate of drug-likeness (QED) is 0.0888. The van der Waals surface area contributed by atoms with Gasteiger partial charge in [0.25, 0.3) is 0 Å². The van der Waals surface area contributed by atoms with Gasteiger partial charge in [-0.25, -0.2) is 18.9 Å². The zero-order valence-electron chi connectivity index (χ0n) is 32.3. The van der Waals surface area contributed by atoms with Crippen LogP contribution in [0.2, 0.25) is 0 Å². The molecule has 53 heavy (non-hydrogen) atoms. The first-order valence-corrected chi connectivity index (χ1v) is 23.0. The summed E-state index contributed by atoms with van der Waals surface area (Å²) in [4.78, 5) is 41.8. The van der Waals surface area contributed by atoms with Crippen molar-refractivity contribution in [2.45, 2.75) is 191 Å². The highest BCUT2D eigenvalue weighted by Gasteiger charge is 2.42. The molecule has 6 rings (SSSR count). The fourth-order valence-electron chi connectivity index (χ4n) is 11.2. The average molecular weight is 767 g/mol. The van der Waals surface area contributed by atoms with Crippen LogP contribution < -0.4 is 0 Å². The van der Waals surface area contributed by atoms with Gasteiger partial charge in [-0.05, 0) is 132 Å². The molecule has 0 spiro atoms. The molecule has 10 nitrogen and oxygen atoms in total. The zero-order valence-corrected chi connectivity index (χ0v) is 33.1. The molecule has 0 aromatic carbocycles. The molecular formula is C42H70O10S.